The van der Waals surface area contributed by atoms with Crippen molar-refractivity contribution in [2.45, 2.75) is 18.0 Å². The van der Waals surface area contributed by atoms with Crippen molar-refractivity contribution in [2.24, 2.45) is 0 Å². The molecule has 1 heterocycles. The lowest BCUT2D eigenvalue weighted by Gasteiger charge is -2.12. The maximum absolute atomic E-state index is 5.93. The Hall–Kier alpha value is -2.23. The molecule has 0 N–H and O–H groups in total. The number of para-hydroxylation sites is 1. The zero-order chi connectivity index (χ0) is 15.5. The zero-order valence-electron chi connectivity index (χ0n) is 12.7. The Kier molecular flexibility index (Phi) is 4.05. The molecular formula is C20H17NOS. The van der Waals surface area contributed by atoms with E-state index >= 15 is 0 Å². The summed E-state index contributed by atoms with van der Waals surface area (Å²) >= 11 is 1.82. The summed E-state index contributed by atoms with van der Waals surface area (Å²) in [6.07, 6.45) is 0. The van der Waals surface area contributed by atoms with Gasteiger partial charge in [-0.25, -0.2) is 4.31 Å². The van der Waals surface area contributed by atoms with E-state index in [2.05, 4.69) is 46.8 Å². The molecule has 2 nitrogen and oxygen atoms in total. The molecule has 1 aliphatic heterocycles. The summed E-state index contributed by atoms with van der Waals surface area (Å²) in [5.74, 6) is 1.77. The van der Waals surface area contributed by atoms with Crippen molar-refractivity contribution in [3.63, 3.8) is 0 Å². The SMILES string of the molecule is c1ccc(CN2Cc3cc(Oc4ccccc4)ccc3S2)cc1. The Bertz CT molecular complexity index is 789. The summed E-state index contributed by atoms with van der Waals surface area (Å²) in [7, 11) is 0. The molecule has 0 bridgehead atoms. The van der Waals surface area contributed by atoms with Gasteiger partial charge in [0.2, 0.25) is 0 Å². The van der Waals surface area contributed by atoms with Crippen LogP contribution < -0.4 is 4.74 Å². The predicted molar refractivity (Wildman–Crippen MR) is 94.5 cm³/mol. The first-order chi connectivity index (χ1) is 11.4. The second kappa shape index (κ2) is 6.49. The third-order valence-electron chi connectivity index (χ3n) is 3.79. The Morgan fingerprint density at radius 3 is 2.35 bits per heavy atom. The van der Waals surface area contributed by atoms with Crippen LogP contribution in [0, 0.1) is 0 Å². The second-order valence-corrected chi connectivity index (χ2v) is 6.70. The normalized spacial score (nSPS) is 13.7. The quantitative estimate of drug-likeness (QED) is 0.589. The highest BCUT2D eigenvalue weighted by molar-refractivity contribution is 7.97. The molecule has 0 amide bonds. The smallest absolute Gasteiger partial charge is 0.127 e. The first kappa shape index (κ1) is 14.4. The number of benzene rings is 3. The van der Waals surface area contributed by atoms with Crippen LogP contribution in [0.25, 0.3) is 0 Å². The molecule has 0 aliphatic carbocycles. The van der Waals surface area contributed by atoms with Gasteiger partial charge in [-0.05, 0) is 53.4 Å². The van der Waals surface area contributed by atoms with Gasteiger partial charge in [0.1, 0.15) is 11.5 Å². The first-order valence-corrected chi connectivity index (χ1v) is 8.47. The minimum Gasteiger partial charge on any atom is -0.457 e. The van der Waals surface area contributed by atoms with Crippen LogP contribution in [0.5, 0.6) is 11.5 Å². The van der Waals surface area contributed by atoms with Gasteiger partial charge in [0, 0.05) is 18.0 Å². The molecule has 0 aromatic heterocycles. The van der Waals surface area contributed by atoms with Gasteiger partial charge in [0.05, 0.1) is 0 Å². The van der Waals surface area contributed by atoms with Crippen LogP contribution in [-0.4, -0.2) is 4.31 Å². The minimum absolute atomic E-state index is 0.874. The van der Waals surface area contributed by atoms with Gasteiger partial charge in [-0.3, -0.25) is 0 Å². The third kappa shape index (κ3) is 3.41. The highest BCUT2D eigenvalue weighted by Crippen LogP contribution is 2.39. The Labute approximate surface area is 140 Å². The molecule has 0 fully saturated rings. The van der Waals surface area contributed by atoms with Crippen LogP contribution in [0.4, 0.5) is 0 Å². The van der Waals surface area contributed by atoms with Gasteiger partial charge in [0.15, 0.2) is 0 Å². The van der Waals surface area contributed by atoms with Crippen molar-refractivity contribution in [3.05, 3.63) is 90.0 Å². The van der Waals surface area contributed by atoms with E-state index in [9.17, 15) is 0 Å². The van der Waals surface area contributed by atoms with Crippen LogP contribution in [0.15, 0.2) is 83.8 Å². The van der Waals surface area contributed by atoms with E-state index in [4.69, 9.17) is 4.74 Å². The van der Waals surface area contributed by atoms with E-state index < -0.39 is 0 Å². The average Bonchev–Trinajstić information content (AvgIpc) is 2.98. The van der Waals surface area contributed by atoms with E-state index in [1.54, 1.807) is 0 Å². The fraction of sp³-hybridized carbons (Fsp3) is 0.100. The molecule has 23 heavy (non-hydrogen) atoms. The van der Waals surface area contributed by atoms with E-state index in [0.717, 1.165) is 24.6 Å². The number of hydrogen-bond acceptors (Lipinski definition) is 3. The monoisotopic (exact) mass is 319 g/mol. The maximum Gasteiger partial charge on any atom is 0.127 e. The van der Waals surface area contributed by atoms with Crippen molar-refractivity contribution in [2.75, 3.05) is 0 Å². The standard InChI is InChI=1S/C20H17NOS/c1-3-7-16(8-4-1)14-21-15-17-13-19(11-12-20(17)23-21)22-18-9-5-2-6-10-18/h1-13H,14-15H2. The highest BCUT2D eigenvalue weighted by atomic mass is 32.2. The fourth-order valence-corrected chi connectivity index (χ4v) is 3.76. The zero-order valence-corrected chi connectivity index (χ0v) is 13.5. The number of fused-ring (bicyclic) bond motifs is 1. The molecule has 0 unspecified atom stereocenters. The minimum atomic E-state index is 0.874. The number of rotatable bonds is 4. The Balaban J connectivity index is 1.47. The van der Waals surface area contributed by atoms with Crippen LogP contribution in [0.1, 0.15) is 11.1 Å². The topological polar surface area (TPSA) is 12.5 Å². The third-order valence-corrected chi connectivity index (χ3v) is 4.90. The van der Waals surface area contributed by atoms with E-state index in [0.29, 0.717) is 0 Å². The highest BCUT2D eigenvalue weighted by Gasteiger charge is 2.20. The van der Waals surface area contributed by atoms with Crippen molar-refractivity contribution in [1.82, 2.24) is 4.31 Å². The van der Waals surface area contributed by atoms with Crippen molar-refractivity contribution in [1.29, 1.82) is 0 Å². The maximum atomic E-state index is 5.93. The van der Waals surface area contributed by atoms with Crippen LogP contribution in [0.3, 0.4) is 0 Å². The van der Waals surface area contributed by atoms with Crippen LogP contribution >= 0.6 is 11.9 Å². The lowest BCUT2D eigenvalue weighted by Crippen LogP contribution is -2.09. The van der Waals surface area contributed by atoms with Crippen molar-refractivity contribution < 1.29 is 4.74 Å². The molecule has 114 valence electrons. The van der Waals surface area contributed by atoms with Gasteiger partial charge in [0.25, 0.3) is 0 Å². The Morgan fingerprint density at radius 2 is 1.57 bits per heavy atom. The first-order valence-electron chi connectivity index (χ1n) is 7.69. The lowest BCUT2D eigenvalue weighted by molar-refractivity contribution is 0.466. The molecule has 0 radical (unpaired) electrons. The summed E-state index contributed by atoms with van der Waals surface area (Å²) in [6.45, 7) is 1.90. The molecule has 1 aliphatic rings. The van der Waals surface area contributed by atoms with Gasteiger partial charge in [-0.1, -0.05) is 48.5 Å². The Morgan fingerprint density at radius 1 is 0.826 bits per heavy atom. The number of ether oxygens (including phenoxy) is 1. The average molecular weight is 319 g/mol. The predicted octanol–water partition coefficient (Wildman–Crippen LogP) is 5.50. The molecular weight excluding hydrogens is 302 g/mol. The summed E-state index contributed by atoms with van der Waals surface area (Å²) in [4.78, 5) is 1.32. The van der Waals surface area contributed by atoms with E-state index in [1.165, 1.54) is 16.0 Å². The second-order valence-electron chi connectivity index (χ2n) is 5.56. The molecule has 0 saturated carbocycles. The van der Waals surface area contributed by atoms with Gasteiger partial charge in [-0.2, -0.15) is 0 Å². The summed E-state index contributed by atoms with van der Waals surface area (Å²) in [5, 5.41) is 0. The molecule has 0 atom stereocenters. The summed E-state index contributed by atoms with van der Waals surface area (Å²) in [5.41, 5.74) is 2.67. The molecule has 4 rings (SSSR count). The number of nitrogens with zero attached hydrogens (tertiary/aromatic N) is 1. The van der Waals surface area contributed by atoms with E-state index in [-0.39, 0.29) is 0 Å². The van der Waals surface area contributed by atoms with E-state index in [1.807, 2.05) is 48.3 Å². The van der Waals surface area contributed by atoms with Gasteiger partial charge < -0.3 is 4.74 Å². The van der Waals surface area contributed by atoms with Gasteiger partial charge in [-0.15, -0.1) is 0 Å². The van der Waals surface area contributed by atoms with Crippen molar-refractivity contribution in [3.8, 4) is 11.5 Å². The molecule has 0 saturated heterocycles. The van der Waals surface area contributed by atoms with Crippen LogP contribution in [-0.2, 0) is 13.1 Å². The lowest BCUT2D eigenvalue weighted by atomic mass is 10.2. The fourth-order valence-electron chi connectivity index (χ4n) is 2.69. The molecule has 0 spiro atoms. The number of hydrogen-bond donors (Lipinski definition) is 0. The summed E-state index contributed by atoms with van der Waals surface area (Å²) < 4.78 is 8.31. The van der Waals surface area contributed by atoms with Crippen molar-refractivity contribution >= 4 is 11.9 Å². The molecule has 3 heteroatoms. The summed E-state index contributed by atoms with van der Waals surface area (Å²) in [6, 6.07) is 26.9. The van der Waals surface area contributed by atoms with Gasteiger partial charge >= 0.3 is 0 Å². The molecule has 3 aromatic carbocycles. The largest absolute Gasteiger partial charge is 0.457 e. The molecule has 3 aromatic rings. The van der Waals surface area contributed by atoms with Crippen LogP contribution in [0.2, 0.25) is 0 Å².